The predicted molar refractivity (Wildman–Crippen MR) is 75.1 cm³/mol. The molecule has 1 aliphatic rings. The third kappa shape index (κ3) is 3.25. The highest BCUT2D eigenvalue weighted by Gasteiger charge is 2.15. The van der Waals surface area contributed by atoms with E-state index in [1.807, 2.05) is 18.2 Å². The average Bonchev–Trinajstić information content (AvgIpc) is 2.32. The second kappa shape index (κ2) is 5.58. The Labute approximate surface area is 108 Å². The Morgan fingerprint density at radius 1 is 1.24 bits per heavy atom. The highest BCUT2D eigenvalue weighted by molar-refractivity contribution is 7.80. The first-order valence-corrected chi connectivity index (χ1v) is 6.36. The second-order valence-corrected chi connectivity index (χ2v) is 5.04. The van der Waals surface area contributed by atoms with Crippen LogP contribution in [-0.4, -0.2) is 48.0 Å². The van der Waals surface area contributed by atoms with Crippen molar-refractivity contribution in [1.82, 2.24) is 9.80 Å². The van der Waals surface area contributed by atoms with Crippen molar-refractivity contribution in [3.8, 4) is 0 Å². The number of nitrogens with zero attached hydrogens (tertiary/aromatic N) is 2. The molecule has 92 valence electrons. The fourth-order valence-corrected chi connectivity index (χ4v) is 2.34. The highest BCUT2D eigenvalue weighted by atomic mass is 32.1. The Morgan fingerprint density at radius 3 is 2.53 bits per heavy atom. The van der Waals surface area contributed by atoms with Gasteiger partial charge >= 0.3 is 0 Å². The second-order valence-electron chi connectivity index (χ2n) is 4.60. The van der Waals surface area contributed by atoms with Crippen molar-refractivity contribution in [2.24, 2.45) is 5.73 Å². The molecule has 2 N–H and O–H groups in total. The fourth-order valence-electron chi connectivity index (χ4n) is 2.15. The molecule has 1 fully saturated rings. The molecule has 0 aliphatic carbocycles. The first kappa shape index (κ1) is 12.5. The lowest BCUT2D eigenvalue weighted by molar-refractivity contribution is 0.148. The number of benzene rings is 1. The molecule has 0 atom stereocenters. The summed E-state index contributed by atoms with van der Waals surface area (Å²) in [5.74, 6) is 0. The number of piperazine rings is 1. The zero-order valence-corrected chi connectivity index (χ0v) is 11.0. The van der Waals surface area contributed by atoms with Gasteiger partial charge in [0, 0.05) is 38.3 Å². The van der Waals surface area contributed by atoms with Crippen LogP contribution in [-0.2, 0) is 6.54 Å². The molecule has 0 radical (unpaired) electrons. The van der Waals surface area contributed by atoms with E-state index in [1.165, 1.54) is 5.56 Å². The van der Waals surface area contributed by atoms with E-state index in [-0.39, 0.29) is 0 Å². The zero-order chi connectivity index (χ0) is 12.3. The summed E-state index contributed by atoms with van der Waals surface area (Å²) in [6.07, 6.45) is 0. The van der Waals surface area contributed by atoms with Crippen molar-refractivity contribution in [1.29, 1.82) is 0 Å². The topological polar surface area (TPSA) is 32.5 Å². The van der Waals surface area contributed by atoms with Crippen LogP contribution in [0.15, 0.2) is 24.3 Å². The lowest BCUT2D eigenvalue weighted by Gasteiger charge is -2.32. The Kier molecular flexibility index (Phi) is 4.10. The van der Waals surface area contributed by atoms with Gasteiger partial charge < -0.3 is 10.6 Å². The van der Waals surface area contributed by atoms with Gasteiger partial charge in [0.05, 0.1) is 0 Å². The molecule has 1 aromatic carbocycles. The van der Waals surface area contributed by atoms with E-state index >= 15 is 0 Å². The Morgan fingerprint density at radius 2 is 1.88 bits per heavy atom. The maximum Gasteiger partial charge on any atom is 0.104 e. The fraction of sp³-hybridized carbons (Fsp3) is 0.462. The SMILES string of the molecule is CN1CCN(Cc2ccccc2C(N)=S)CC1. The van der Waals surface area contributed by atoms with Gasteiger partial charge in [0.15, 0.2) is 0 Å². The van der Waals surface area contributed by atoms with Gasteiger partial charge in [-0.1, -0.05) is 36.5 Å². The van der Waals surface area contributed by atoms with Crippen LogP contribution in [0.3, 0.4) is 0 Å². The van der Waals surface area contributed by atoms with Gasteiger partial charge in [-0.05, 0) is 12.6 Å². The van der Waals surface area contributed by atoms with Crippen LogP contribution in [0.25, 0.3) is 0 Å². The van der Waals surface area contributed by atoms with Crippen LogP contribution < -0.4 is 5.73 Å². The van der Waals surface area contributed by atoms with E-state index in [4.69, 9.17) is 18.0 Å². The van der Waals surface area contributed by atoms with Crippen molar-refractivity contribution >= 4 is 17.2 Å². The number of thiocarbonyl (C=S) groups is 1. The van der Waals surface area contributed by atoms with Crippen LogP contribution in [0.5, 0.6) is 0 Å². The van der Waals surface area contributed by atoms with E-state index in [9.17, 15) is 0 Å². The maximum absolute atomic E-state index is 5.75. The van der Waals surface area contributed by atoms with Crippen LogP contribution in [0.2, 0.25) is 0 Å². The number of hydrogen-bond donors (Lipinski definition) is 1. The van der Waals surface area contributed by atoms with Crippen molar-refractivity contribution in [2.75, 3.05) is 33.2 Å². The van der Waals surface area contributed by atoms with Crippen LogP contribution >= 0.6 is 12.2 Å². The molecule has 1 aromatic rings. The monoisotopic (exact) mass is 249 g/mol. The number of likely N-dealkylation sites (N-methyl/N-ethyl adjacent to an activating group) is 1. The standard InChI is InChI=1S/C13H19N3S/c1-15-6-8-16(9-7-15)10-11-4-2-3-5-12(11)13(14)17/h2-5H,6-10H2,1H3,(H2,14,17). The van der Waals surface area contributed by atoms with Crippen LogP contribution in [0, 0.1) is 0 Å². The molecule has 1 saturated heterocycles. The van der Waals surface area contributed by atoms with E-state index in [2.05, 4.69) is 22.9 Å². The molecule has 0 saturated carbocycles. The molecule has 1 heterocycles. The maximum atomic E-state index is 5.75. The number of rotatable bonds is 3. The molecule has 0 amide bonds. The first-order chi connectivity index (χ1) is 8.16. The largest absolute Gasteiger partial charge is 0.389 e. The first-order valence-electron chi connectivity index (χ1n) is 5.95. The van der Waals surface area contributed by atoms with Gasteiger partial charge in [-0.25, -0.2) is 0 Å². The summed E-state index contributed by atoms with van der Waals surface area (Å²) in [7, 11) is 2.17. The molecule has 0 aromatic heterocycles. The van der Waals surface area contributed by atoms with Crippen molar-refractivity contribution < 1.29 is 0 Å². The summed E-state index contributed by atoms with van der Waals surface area (Å²) in [5.41, 5.74) is 8.00. The van der Waals surface area contributed by atoms with Gasteiger partial charge in [0.2, 0.25) is 0 Å². The Bertz CT molecular complexity index is 397. The molecular weight excluding hydrogens is 230 g/mol. The van der Waals surface area contributed by atoms with Crippen molar-refractivity contribution in [3.63, 3.8) is 0 Å². The normalized spacial score (nSPS) is 18.2. The van der Waals surface area contributed by atoms with E-state index in [0.717, 1.165) is 38.3 Å². The van der Waals surface area contributed by atoms with Crippen LogP contribution in [0.1, 0.15) is 11.1 Å². The quantitative estimate of drug-likeness (QED) is 0.812. The lowest BCUT2D eigenvalue weighted by Crippen LogP contribution is -2.44. The van der Waals surface area contributed by atoms with E-state index in [1.54, 1.807) is 0 Å². The van der Waals surface area contributed by atoms with Crippen molar-refractivity contribution in [3.05, 3.63) is 35.4 Å². The molecule has 17 heavy (non-hydrogen) atoms. The molecule has 3 nitrogen and oxygen atoms in total. The third-order valence-corrected chi connectivity index (χ3v) is 3.49. The zero-order valence-electron chi connectivity index (χ0n) is 10.2. The van der Waals surface area contributed by atoms with E-state index in [0.29, 0.717) is 4.99 Å². The summed E-state index contributed by atoms with van der Waals surface area (Å²) >= 11 is 5.09. The predicted octanol–water partition coefficient (Wildman–Crippen LogP) is 1.07. The third-order valence-electron chi connectivity index (χ3n) is 3.27. The number of nitrogens with two attached hydrogens (primary N) is 1. The summed E-state index contributed by atoms with van der Waals surface area (Å²) in [4.78, 5) is 5.31. The summed E-state index contributed by atoms with van der Waals surface area (Å²) in [6, 6.07) is 8.16. The number of hydrogen-bond acceptors (Lipinski definition) is 3. The Hall–Kier alpha value is -0.970. The molecule has 2 rings (SSSR count). The lowest BCUT2D eigenvalue weighted by atomic mass is 10.1. The Balaban J connectivity index is 2.05. The molecule has 0 spiro atoms. The highest BCUT2D eigenvalue weighted by Crippen LogP contribution is 2.13. The average molecular weight is 249 g/mol. The van der Waals surface area contributed by atoms with Crippen LogP contribution in [0.4, 0.5) is 0 Å². The molecular formula is C13H19N3S. The minimum absolute atomic E-state index is 0.495. The minimum atomic E-state index is 0.495. The van der Waals surface area contributed by atoms with Gasteiger partial charge in [-0.2, -0.15) is 0 Å². The van der Waals surface area contributed by atoms with Gasteiger partial charge in [-0.15, -0.1) is 0 Å². The molecule has 1 aliphatic heterocycles. The molecule has 0 unspecified atom stereocenters. The van der Waals surface area contributed by atoms with Gasteiger partial charge in [0.25, 0.3) is 0 Å². The summed E-state index contributed by atoms with van der Waals surface area (Å²) < 4.78 is 0. The van der Waals surface area contributed by atoms with Crippen molar-refractivity contribution in [2.45, 2.75) is 6.54 Å². The molecule has 0 bridgehead atoms. The smallest absolute Gasteiger partial charge is 0.104 e. The minimum Gasteiger partial charge on any atom is -0.389 e. The van der Waals surface area contributed by atoms with E-state index < -0.39 is 0 Å². The summed E-state index contributed by atoms with van der Waals surface area (Å²) in [5, 5.41) is 0. The summed E-state index contributed by atoms with van der Waals surface area (Å²) in [6.45, 7) is 5.44. The van der Waals surface area contributed by atoms with Gasteiger partial charge in [0.1, 0.15) is 4.99 Å². The van der Waals surface area contributed by atoms with Gasteiger partial charge in [-0.3, -0.25) is 4.90 Å². The molecule has 4 heteroatoms.